The second kappa shape index (κ2) is 4.27. The second-order valence-electron chi connectivity index (χ2n) is 2.84. The molecule has 0 spiro atoms. The van der Waals surface area contributed by atoms with E-state index in [-0.39, 0.29) is 12.1 Å². The van der Waals surface area contributed by atoms with Gasteiger partial charge in [0, 0.05) is 0 Å². The number of carbonyl (C=O) groups is 1. The molecular formula is C7H13NO4. The van der Waals surface area contributed by atoms with E-state index in [4.69, 9.17) is 14.6 Å². The zero-order valence-electron chi connectivity index (χ0n) is 6.95. The highest BCUT2D eigenvalue weighted by Gasteiger charge is 2.22. The summed E-state index contributed by atoms with van der Waals surface area (Å²) < 4.78 is 10.1. The van der Waals surface area contributed by atoms with E-state index in [1.54, 1.807) is 6.92 Å². The maximum Gasteiger partial charge on any atom is 0.404 e. The van der Waals surface area contributed by atoms with E-state index in [1.165, 1.54) is 0 Å². The predicted octanol–water partition coefficient (Wildman–Crippen LogP) is 0.0579. The molecule has 0 aliphatic carbocycles. The number of carboxylic acid groups (broad SMARTS) is 1. The van der Waals surface area contributed by atoms with Gasteiger partial charge in [-0.2, -0.15) is 0 Å². The van der Waals surface area contributed by atoms with Crippen molar-refractivity contribution in [2.24, 2.45) is 0 Å². The summed E-state index contributed by atoms with van der Waals surface area (Å²) in [7, 11) is 0. The minimum Gasteiger partial charge on any atom is -0.465 e. The van der Waals surface area contributed by atoms with Gasteiger partial charge in [0.1, 0.15) is 6.10 Å². The molecule has 1 fully saturated rings. The molecule has 0 bridgehead atoms. The summed E-state index contributed by atoms with van der Waals surface area (Å²) in [4.78, 5) is 10.1. The maximum atomic E-state index is 10.1. The molecule has 1 saturated heterocycles. The number of rotatable bonds is 5. The maximum absolute atomic E-state index is 10.1. The quantitative estimate of drug-likeness (QED) is 0.579. The van der Waals surface area contributed by atoms with Crippen LogP contribution in [0.25, 0.3) is 0 Å². The van der Waals surface area contributed by atoms with Crippen molar-refractivity contribution in [1.82, 2.24) is 5.32 Å². The molecule has 5 heteroatoms. The Morgan fingerprint density at radius 2 is 2.58 bits per heavy atom. The standard InChI is InChI=1S/C7H13NO4/c1-5(8-7(9)10)2-11-3-6-4-12-6/h5-6,8H,2-4H2,1H3,(H,9,10). The summed E-state index contributed by atoms with van der Waals surface area (Å²) in [6.07, 6.45) is -0.782. The SMILES string of the molecule is CC(COCC1CO1)NC(=O)O. The highest BCUT2D eigenvalue weighted by molar-refractivity contribution is 5.64. The summed E-state index contributed by atoms with van der Waals surface area (Å²) in [6, 6.07) is -0.166. The average Bonchev–Trinajstić information content (AvgIpc) is 2.69. The van der Waals surface area contributed by atoms with Crippen LogP contribution in [0, 0.1) is 0 Å². The van der Waals surface area contributed by atoms with Crippen molar-refractivity contribution < 1.29 is 19.4 Å². The molecule has 70 valence electrons. The summed E-state index contributed by atoms with van der Waals surface area (Å²) in [5.41, 5.74) is 0. The number of nitrogens with one attached hydrogen (secondary N) is 1. The van der Waals surface area contributed by atoms with Crippen LogP contribution in [0.15, 0.2) is 0 Å². The van der Waals surface area contributed by atoms with Gasteiger partial charge in [0.25, 0.3) is 0 Å². The Morgan fingerprint density at radius 3 is 3.08 bits per heavy atom. The van der Waals surface area contributed by atoms with Crippen molar-refractivity contribution in [3.63, 3.8) is 0 Å². The zero-order valence-corrected chi connectivity index (χ0v) is 6.95. The number of hydrogen-bond acceptors (Lipinski definition) is 3. The third-order valence-corrected chi connectivity index (χ3v) is 1.44. The number of epoxide rings is 1. The van der Waals surface area contributed by atoms with E-state index in [0.29, 0.717) is 13.2 Å². The highest BCUT2D eigenvalue weighted by atomic mass is 16.6. The van der Waals surface area contributed by atoms with Crippen LogP contribution < -0.4 is 5.32 Å². The Kier molecular flexibility index (Phi) is 3.31. The van der Waals surface area contributed by atoms with Crippen LogP contribution >= 0.6 is 0 Å². The minimum atomic E-state index is -1.02. The van der Waals surface area contributed by atoms with Crippen LogP contribution in [-0.4, -0.2) is 43.2 Å². The number of ether oxygens (including phenoxy) is 2. The predicted molar refractivity (Wildman–Crippen MR) is 41.2 cm³/mol. The monoisotopic (exact) mass is 175 g/mol. The molecule has 0 aromatic rings. The molecule has 2 unspecified atom stereocenters. The van der Waals surface area contributed by atoms with E-state index in [9.17, 15) is 4.79 Å². The van der Waals surface area contributed by atoms with Crippen LogP contribution in [0.4, 0.5) is 4.79 Å². The fraction of sp³-hybridized carbons (Fsp3) is 0.857. The number of amides is 1. The Morgan fingerprint density at radius 1 is 1.92 bits per heavy atom. The van der Waals surface area contributed by atoms with Crippen LogP contribution in [0.2, 0.25) is 0 Å². The largest absolute Gasteiger partial charge is 0.465 e. The van der Waals surface area contributed by atoms with E-state index < -0.39 is 6.09 Å². The molecule has 0 aromatic carbocycles. The molecular weight excluding hydrogens is 162 g/mol. The first kappa shape index (κ1) is 9.28. The van der Waals surface area contributed by atoms with Crippen molar-refractivity contribution in [3.05, 3.63) is 0 Å². The molecule has 2 N–H and O–H groups in total. The van der Waals surface area contributed by atoms with Gasteiger partial charge < -0.3 is 19.9 Å². The van der Waals surface area contributed by atoms with E-state index in [1.807, 2.05) is 0 Å². The smallest absolute Gasteiger partial charge is 0.404 e. The Hall–Kier alpha value is -0.810. The Labute approximate surface area is 70.7 Å². The summed E-state index contributed by atoms with van der Waals surface area (Å²) in [5, 5.41) is 10.6. The topological polar surface area (TPSA) is 71.1 Å². The third kappa shape index (κ3) is 4.15. The molecule has 12 heavy (non-hydrogen) atoms. The molecule has 0 aromatic heterocycles. The molecule has 1 aliphatic rings. The molecule has 0 saturated carbocycles. The highest BCUT2D eigenvalue weighted by Crippen LogP contribution is 2.08. The van der Waals surface area contributed by atoms with E-state index in [2.05, 4.69) is 5.32 Å². The molecule has 0 radical (unpaired) electrons. The Bertz CT molecular complexity index is 157. The van der Waals surface area contributed by atoms with Crippen molar-refractivity contribution in [3.8, 4) is 0 Å². The minimum absolute atomic E-state index is 0.166. The first-order chi connectivity index (χ1) is 5.68. The average molecular weight is 175 g/mol. The molecule has 1 aliphatic heterocycles. The van der Waals surface area contributed by atoms with Gasteiger partial charge in [-0.05, 0) is 6.92 Å². The van der Waals surface area contributed by atoms with Gasteiger partial charge in [-0.15, -0.1) is 0 Å². The van der Waals surface area contributed by atoms with Crippen molar-refractivity contribution in [2.45, 2.75) is 19.1 Å². The van der Waals surface area contributed by atoms with Crippen LogP contribution in [0.3, 0.4) is 0 Å². The fourth-order valence-corrected chi connectivity index (χ4v) is 0.793. The second-order valence-corrected chi connectivity index (χ2v) is 2.84. The van der Waals surface area contributed by atoms with Gasteiger partial charge in [-0.25, -0.2) is 4.79 Å². The van der Waals surface area contributed by atoms with Crippen molar-refractivity contribution in [1.29, 1.82) is 0 Å². The first-order valence-corrected chi connectivity index (χ1v) is 3.87. The molecule has 1 heterocycles. The van der Waals surface area contributed by atoms with Gasteiger partial charge in [0.2, 0.25) is 0 Å². The molecule has 1 amide bonds. The zero-order chi connectivity index (χ0) is 8.97. The third-order valence-electron chi connectivity index (χ3n) is 1.44. The lowest BCUT2D eigenvalue weighted by Gasteiger charge is -2.10. The van der Waals surface area contributed by atoms with Crippen molar-refractivity contribution in [2.75, 3.05) is 19.8 Å². The van der Waals surface area contributed by atoms with E-state index in [0.717, 1.165) is 6.61 Å². The van der Waals surface area contributed by atoms with Crippen LogP contribution in [0.5, 0.6) is 0 Å². The van der Waals surface area contributed by atoms with Gasteiger partial charge in [-0.3, -0.25) is 0 Å². The number of hydrogen-bond donors (Lipinski definition) is 2. The first-order valence-electron chi connectivity index (χ1n) is 3.87. The summed E-state index contributed by atoms with van der Waals surface area (Å²) >= 11 is 0. The van der Waals surface area contributed by atoms with Crippen LogP contribution in [0.1, 0.15) is 6.92 Å². The fourth-order valence-electron chi connectivity index (χ4n) is 0.793. The van der Waals surface area contributed by atoms with Crippen molar-refractivity contribution >= 4 is 6.09 Å². The molecule has 1 rings (SSSR count). The van der Waals surface area contributed by atoms with E-state index >= 15 is 0 Å². The Balaban J connectivity index is 1.93. The summed E-state index contributed by atoms with van der Waals surface area (Å²) in [5.74, 6) is 0. The molecule has 5 nitrogen and oxygen atoms in total. The lowest BCUT2D eigenvalue weighted by Crippen LogP contribution is -2.35. The van der Waals surface area contributed by atoms with Gasteiger partial charge >= 0.3 is 6.09 Å². The lowest BCUT2D eigenvalue weighted by molar-refractivity contribution is 0.0986. The lowest BCUT2D eigenvalue weighted by atomic mass is 10.4. The van der Waals surface area contributed by atoms with Gasteiger partial charge in [0.15, 0.2) is 0 Å². The van der Waals surface area contributed by atoms with Gasteiger partial charge in [-0.1, -0.05) is 0 Å². The van der Waals surface area contributed by atoms with Gasteiger partial charge in [0.05, 0.1) is 25.9 Å². The molecule has 2 atom stereocenters. The van der Waals surface area contributed by atoms with Crippen LogP contribution in [-0.2, 0) is 9.47 Å². The summed E-state index contributed by atoms with van der Waals surface area (Å²) in [6.45, 7) is 3.47. The normalized spacial score (nSPS) is 23.2.